The number of aryl methyl sites for hydroxylation is 3. The van der Waals surface area contributed by atoms with Gasteiger partial charge in [0.2, 0.25) is 0 Å². The molecule has 3 heteroatoms. The van der Waals surface area contributed by atoms with Crippen LogP contribution in [0.25, 0.3) is 0 Å². The molecule has 1 aromatic carbocycles. The normalized spacial score (nSPS) is 12.6. The number of hydrogen-bond donors (Lipinski definition) is 1. The van der Waals surface area contributed by atoms with E-state index in [1.807, 2.05) is 0 Å². The van der Waals surface area contributed by atoms with E-state index < -0.39 is 0 Å². The molecule has 0 amide bonds. The highest BCUT2D eigenvalue weighted by molar-refractivity contribution is 7.09. The molecule has 1 heterocycles. The van der Waals surface area contributed by atoms with Gasteiger partial charge in [0.15, 0.2) is 0 Å². The third kappa shape index (κ3) is 3.64. The molecule has 102 valence electrons. The summed E-state index contributed by atoms with van der Waals surface area (Å²) in [4.78, 5) is 4.58. The van der Waals surface area contributed by atoms with Gasteiger partial charge in [0, 0.05) is 17.8 Å². The zero-order valence-corrected chi connectivity index (χ0v) is 13.0. The van der Waals surface area contributed by atoms with Crippen molar-refractivity contribution in [2.24, 2.45) is 0 Å². The van der Waals surface area contributed by atoms with E-state index in [1.54, 1.807) is 11.3 Å². The van der Waals surface area contributed by atoms with Gasteiger partial charge in [-0.25, -0.2) is 4.98 Å². The highest BCUT2D eigenvalue weighted by Gasteiger charge is 2.13. The predicted molar refractivity (Wildman–Crippen MR) is 82.9 cm³/mol. The third-order valence-corrected chi connectivity index (χ3v) is 4.29. The highest BCUT2D eigenvalue weighted by Crippen LogP contribution is 2.22. The molecule has 1 N–H and O–H groups in total. The van der Waals surface area contributed by atoms with Crippen molar-refractivity contribution >= 4 is 11.3 Å². The first kappa shape index (κ1) is 14.2. The number of rotatable bonds is 5. The van der Waals surface area contributed by atoms with Crippen molar-refractivity contribution in [3.63, 3.8) is 0 Å². The lowest BCUT2D eigenvalue weighted by Gasteiger charge is -2.18. The molecule has 0 saturated carbocycles. The SMILES string of the molecule is CCNC(Cc1csc(C)n1)c1ccc(C)c(C)c1. The Balaban J connectivity index is 2.21. The van der Waals surface area contributed by atoms with E-state index in [0.717, 1.165) is 18.0 Å². The Morgan fingerprint density at radius 3 is 2.58 bits per heavy atom. The summed E-state index contributed by atoms with van der Waals surface area (Å²) in [6.45, 7) is 9.52. The van der Waals surface area contributed by atoms with E-state index in [0.29, 0.717) is 6.04 Å². The lowest BCUT2D eigenvalue weighted by molar-refractivity contribution is 0.544. The topological polar surface area (TPSA) is 24.9 Å². The Kier molecular flexibility index (Phi) is 4.72. The number of aromatic nitrogens is 1. The molecule has 0 aliphatic heterocycles. The van der Waals surface area contributed by atoms with Gasteiger partial charge in [-0.05, 0) is 44.0 Å². The van der Waals surface area contributed by atoms with Crippen LogP contribution in [0.3, 0.4) is 0 Å². The fourth-order valence-electron chi connectivity index (χ4n) is 2.25. The Hall–Kier alpha value is -1.19. The summed E-state index contributed by atoms with van der Waals surface area (Å²) in [5, 5.41) is 6.88. The molecular formula is C16H22N2S. The van der Waals surface area contributed by atoms with Crippen LogP contribution in [0.1, 0.15) is 40.4 Å². The summed E-state index contributed by atoms with van der Waals surface area (Å²) < 4.78 is 0. The first-order valence-corrected chi connectivity index (χ1v) is 7.69. The molecule has 1 unspecified atom stereocenters. The molecule has 0 aliphatic rings. The second-order valence-corrected chi connectivity index (χ2v) is 6.08. The minimum Gasteiger partial charge on any atom is -0.310 e. The molecule has 1 atom stereocenters. The largest absolute Gasteiger partial charge is 0.310 e. The van der Waals surface area contributed by atoms with E-state index in [1.165, 1.54) is 22.4 Å². The fraction of sp³-hybridized carbons (Fsp3) is 0.438. The van der Waals surface area contributed by atoms with Gasteiger partial charge in [0.1, 0.15) is 0 Å². The zero-order chi connectivity index (χ0) is 13.8. The van der Waals surface area contributed by atoms with Crippen molar-refractivity contribution in [1.82, 2.24) is 10.3 Å². The molecule has 19 heavy (non-hydrogen) atoms. The first-order chi connectivity index (χ1) is 9.10. The van der Waals surface area contributed by atoms with Crippen molar-refractivity contribution in [1.29, 1.82) is 0 Å². The third-order valence-electron chi connectivity index (χ3n) is 3.46. The zero-order valence-electron chi connectivity index (χ0n) is 12.2. The number of likely N-dealkylation sites (N-methyl/N-ethyl adjacent to an activating group) is 1. The number of benzene rings is 1. The van der Waals surface area contributed by atoms with Crippen molar-refractivity contribution in [3.05, 3.63) is 51.0 Å². The van der Waals surface area contributed by atoms with E-state index in [2.05, 4.69) is 61.6 Å². The molecule has 0 spiro atoms. The minimum absolute atomic E-state index is 0.353. The Morgan fingerprint density at radius 1 is 1.21 bits per heavy atom. The lowest BCUT2D eigenvalue weighted by Crippen LogP contribution is -2.23. The van der Waals surface area contributed by atoms with Gasteiger partial charge in [-0.15, -0.1) is 11.3 Å². The maximum Gasteiger partial charge on any atom is 0.0897 e. The van der Waals surface area contributed by atoms with Crippen LogP contribution in [0, 0.1) is 20.8 Å². The lowest BCUT2D eigenvalue weighted by atomic mass is 9.98. The fourth-order valence-corrected chi connectivity index (χ4v) is 2.87. The van der Waals surface area contributed by atoms with Crippen LogP contribution < -0.4 is 5.32 Å². The van der Waals surface area contributed by atoms with E-state index in [9.17, 15) is 0 Å². The monoisotopic (exact) mass is 274 g/mol. The van der Waals surface area contributed by atoms with Gasteiger partial charge in [-0.3, -0.25) is 0 Å². The Labute approximate surface area is 119 Å². The van der Waals surface area contributed by atoms with Gasteiger partial charge in [-0.2, -0.15) is 0 Å². The maximum atomic E-state index is 4.58. The summed E-state index contributed by atoms with van der Waals surface area (Å²) in [5.41, 5.74) is 5.25. The molecule has 0 aliphatic carbocycles. The summed E-state index contributed by atoms with van der Waals surface area (Å²) in [7, 11) is 0. The number of hydrogen-bond acceptors (Lipinski definition) is 3. The van der Waals surface area contributed by atoms with Gasteiger partial charge in [-0.1, -0.05) is 25.1 Å². The van der Waals surface area contributed by atoms with Crippen molar-refractivity contribution in [2.75, 3.05) is 6.54 Å². The molecule has 0 saturated heterocycles. The summed E-state index contributed by atoms with van der Waals surface area (Å²) in [5.74, 6) is 0. The second-order valence-electron chi connectivity index (χ2n) is 5.02. The number of nitrogens with one attached hydrogen (secondary N) is 1. The second kappa shape index (κ2) is 6.31. The smallest absolute Gasteiger partial charge is 0.0897 e. The predicted octanol–water partition coefficient (Wildman–Crippen LogP) is 3.96. The molecule has 2 nitrogen and oxygen atoms in total. The molecular weight excluding hydrogens is 252 g/mol. The quantitative estimate of drug-likeness (QED) is 0.892. The van der Waals surface area contributed by atoms with Gasteiger partial charge in [0.05, 0.1) is 10.7 Å². The van der Waals surface area contributed by atoms with Gasteiger partial charge < -0.3 is 5.32 Å². The Bertz CT molecular complexity index is 545. The van der Waals surface area contributed by atoms with Crippen LogP contribution in [-0.4, -0.2) is 11.5 Å². The van der Waals surface area contributed by atoms with Crippen LogP contribution >= 0.6 is 11.3 Å². The van der Waals surface area contributed by atoms with E-state index in [4.69, 9.17) is 0 Å². The van der Waals surface area contributed by atoms with Crippen molar-refractivity contribution in [3.8, 4) is 0 Å². The number of thiazole rings is 1. The number of nitrogens with zero attached hydrogens (tertiary/aromatic N) is 1. The molecule has 0 bridgehead atoms. The summed E-state index contributed by atoms with van der Waals surface area (Å²) in [6, 6.07) is 7.09. The standard InChI is InChI=1S/C16H22N2S/c1-5-17-16(9-15-10-19-13(4)18-15)14-7-6-11(2)12(3)8-14/h6-8,10,16-17H,5,9H2,1-4H3. The summed E-state index contributed by atoms with van der Waals surface area (Å²) in [6.07, 6.45) is 0.959. The molecule has 0 radical (unpaired) electrons. The minimum atomic E-state index is 0.353. The van der Waals surface area contributed by atoms with Crippen LogP contribution in [-0.2, 0) is 6.42 Å². The Morgan fingerprint density at radius 2 is 2.00 bits per heavy atom. The molecule has 2 aromatic rings. The van der Waals surface area contributed by atoms with Crippen molar-refractivity contribution in [2.45, 2.75) is 40.2 Å². The van der Waals surface area contributed by atoms with Crippen LogP contribution in [0.2, 0.25) is 0 Å². The first-order valence-electron chi connectivity index (χ1n) is 6.81. The van der Waals surface area contributed by atoms with Gasteiger partial charge >= 0.3 is 0 Å². The summed E-state index contributed by atoms with van der Waals surface area (Å²) >= 11 is 1.73. The molecule has 2 rings (SSSR count). The average molecular weight is 274 g/mol. The van der Waals surface area contributed by atoms with Crippen molar-refractivity contribution < 1.29 is 0 Å². The maximum absolute atomic E-state index is 4.58. The molecule has 0 fully saturated rings. The van der Waals surface area contributed by atoms with Crippen LogP contribution in [0.5, 0.6) is 0 Å². The average Bonchev–Trinajstić information content (AvgIpc) is 2.78. The molecule has 1 aromatic heterocycles. The van der Waals surface area contributed by atoms with Crippen LogP contribution in [0.4, 0.5) is 0 Å². The van der Waals surface area contributed by atoms with E-state index >= 15 is 0 Å². The van der Waals surface area contributed by atoms with Crippen LogP contribution in [0.15, 0.2) is 23.6 Å². The van der Waals surface area contributed by atoms with E-state index in [-0.39, 0.29) is 0 Å². The van der Waals surface area contributed by atoms with Gasteiger partial charge in [0.25, 0.3) is 0 Å². The highest BCUT2D eigenvalue weighted by atomic mass is 32.1.